The Morgan fingerprint density at radius 2 is 0.734 bits per heavy atom. The Hall–Kier alpha value is -3.70. The lowest BCUT2D eigenvalue weighted by molar-refractivity contribution is -0.162. The average Bonchev–Trinajstić information content (AvgIpc) is 3.30. The first-order chi connectivity index (χ1) is 31.6. The van der Waals surface area contributed by atoms with Crippen molar-refractivity contribution in [2.75, 3.05) is 19.8 Å². The van der Waals surface area contributed by atoms with E-state index in [2.05, 4.69) is 136 Å². The Morgan fingerprint density at radius 3 is 1.19 bits per heavy atom. The Morgan fingerprint density at radius 1 is 0.359 bits per heavy atom. The van der Waals surface area contributed by atoms with Crippen molar-refractivity contribution in [1.29, 1.82) is 0 Å². The highest BCUT2D eigenvalue weighted by Gasteiger charge is 2.17. The third-order valence-corrected chi connectivity index (χ3v) is 10.5. The molecule has 0 aliphatic carbocycles. The summed E-state index contributed by atoms with van der Waals surface area (Å²) < 4.78 is 17.3. The second kappa shape index (κ2) is 53.6. The zero-order valence-corrected chi connectivity index (χ0v) is 41.5. The summed E-state index contributed by atoms with van der Waals surface area (Å²) in [6, 6.07) is 0. The molecule has 0 fully saturated rings. The van der Waals surface area contributed by atoms with Crippen molar-refractivity contribution in [1.82, 2.24) is 0 Å². The van der Waals surface area contributed by atoms with Gasteiger partial charge in [0, 0.05) is 19.4 Å². The number of ether oxygens (including phenoxy) is 3. The number of esters is 2. The summed E-state index contributed by atoms with van der Waals surface area (Å²) in [6.07, 6.45) is 75.2. The second-order valence-corrected chi connectivity index (χ2v) is 16.7. The molecule has 0 aromatic rings. The van der Waals surface area contributed by atoms with E-state index in [0.717, 1.165) is 89.9 Å². The van der Waals surface area contributed by atoms with Gasteiger partial charge in [0.1, 0.15) is 6.61 Å². The van der Waals surface area contributed by atoms with Crippen LogP contribution < -0.4 is 0 Å². The number of allylic oxidation sites excluding steroid dienone is 20. The lowest BCUT2D eigenvalue weighted by Gasteiger charge is -2.18. The molecule has 0 amide bonds. The van der Waals surface area contributed by atoms with Crippen molar-refractivity contribution in [3.8, 4) is 0 Å². The molecule has 0 rings (SSSR count). The number of rotatable bonds is 46. The molecule has 0 aliphatic rings. The zero-order chi connectivity index (χ0) is 46.3. The quantitative estimate of drug-likeness (QED) is 0.0346. The van der Waals surface area contributed by atoms with Gasteiger partial charge in [-0.3, -0.25) is 9.59 Å². The van der Waals surface area contributed by atoms with E-state index in [1.807, 2.05) is 6.08 Å². The predicted octanol–water partition coefficient (Wildman–Crippen LogP) is 17.8. The average molecular weight is 885 g/mol. The maximum absolute atomic E-state index is 12.8. The van der Waals surface area contributed by atoms with Crippen molar-refractivity contribution in [2.24, 2.45) is 0 Å². The van der Waals surface area contributed by atoms with E-state index in [4.69, 9.17) is 14.2 Å². The van der Waals surface area contributed by atoms with Gasteiger partial charge in [-0.25, -0.2) is 0 Å². The molecule has 0 saturated carbocycles. The molecule has 5 nitrogen and oxygen atoms in total. The van der Waals surface area contributed by atoms with Crippen molar-refractivity contribution < 1.29 is 23.8 Å². The fourth-order valence-corrected chi connectivity index (χ4v) is 6.66. The number of carbonyl (C=O) groups is 2. The van der Waals surface area contributed by atoms with Gasteiger partial charge in [-0.15, -0.1) is 0 Å². The van der Waals surface area contributed by atoms with E-state index >= 15 is 0 Å². The van der Waals surface area contributed by atoms with Gasteiger partial charge in [0.2, 0.25) is 0 Å². The zero-order valence-electron chi connectivity index (χ0n) is 41.5. The highest BCUT2D eigenvalue weighted by atomic mass is 16.6. The van der Waals surface area contributed by atoms with Gasteiger partial charge in [0.25, 0.3) is 0 Å². The van der Waals surface area contributed by atoms with E-state index in [0.29, 0.717) is 19.4 Å². The summed E-state index contributed by atoms with van der Waals surface area (Å²) >= 11 is 0. The van der Waals surface area contributed by atoms with E-state index in [-0.39, 0.29) is 31.6 Å². The lowest BCUT2D eigenvalue weighted by atomic mass is 10.1. The molecule has 0 radical (unpaired) electrons. The molecule has 0 saturated heterocycles. The molecule has 0 N–H and O–H groups in total. The first-order valence-corrected chi connectivity index (χ1v) is 26.1. The maximum atomic E-state index is 12.8. The van der Waals surface area contributed by atoms with Crippen LogP contribution in [-0.2, 0) is 23.8 Å². The number of hydrogen-bond donors (Lipinski definition) is 0. The minimum atomic E-state index is -0.600. The molecule has 0 aromatic carbocycles. The van der Waals surface area contributed by atoms with Crippen LogP contribution in [0.25, 0.3) is 0 Å². The largest absolute Gasteiger partial charge is 0.462 e. The molecular formula is C59H96O5. The Bertz CT molecular complexity index is 1320. The van der Waals surface area contributed by atoms with Gasteiger partial charge < -0.3 is 14.2 Å². The number of carbonyl (C=O) groups excluding carboxylic acids is 2. The molecule has 0 heterocycles. The lowest BCUT2D eigenvalue weighted by Crippen LogP contribution is -2.30. The first kappa shape index (κ1) is 60.3. The molecule has 1 atom stereocenters. The number of hydrogen-bond acceptors (Lipinski definition) is 5. The van der Waals surface area contributed by atoms with E-state index in [1.165, 1.54) is 83.5 Å². The van der Waals surface area contributed by atoms with E-state index < -0.39 is 6.10 Å². The van der Waals surface area contributed by atoms with Crippen LogP contribution in [0, 0.1) is 0 Å². The predicted molar refractivity (Wildman–Crippen MR) is 279 cm³/mol. The third-order valence-electron chi connectivity index (χ3n) is 10.5. The van der Waals surface area contributed by atoms with Crippen LogP contribution in [0.5, 0.6) is 0 Å². The summed E-state index contributed by atoms with van der Waals surface area (Å²) in [5.41, 5.74) is 0. The van der Waals surface area contributed by atoms with Crippen molar-refractivity contribution >= 4 is 11.9 Å². The summed E-state index contributed by atoms with van der Waals surface area (Å²) in [5, 5.41) is 0. The Labute approximate surface area is 395 Å². The molecule has 1 unspecified atom stereocenters. The van der Waals surface area contributed by atoms with Gasteiger partial charge in [0.05, 0.1) is 6.61 Å². The Kier molecular flexibility index (Phi) is 50.5. The van der Waals surface area contributed by atoms with E-state index in [9.17, 15) is 9.59 Å². The van der Waals surface area contributed by atoms with Crippen LogP contribution in [0.15, 0.2) is 122 Å². The van der Waals surface area contributed by atoms with Crippen LogP contribution in [0.2, 0.25) is 0 Å². The summed E-state index contributed by atoms with van der Waals surface area (Å²) in [7, 11) is 0. The fourth-order valence-electron chi connectivity index (χ4n) is 6.66. The van der Waals surface area contributed by atoms with Gasteiger partial charge in [0.15, 0.2) is 6.10 Å². The van der Waals surface area contributed by atoms with Crippen molar-refractivity contribution in [2.45, 2.75) is 219 Å². The minimum Gasteiger partial charge on any atom is -0.462 e. The van der Waals surface area contributed by atoms with Gasteiger partial charge in [-0.2, -0.15) is 0 Å². The molecule has 0 aromatic heterocycles. The first-order valence-electron chi connectivity index (χ1n) is 26.1. The van der Waals surface area contributed by atoms with Crippen LogP contribution in [0.3, 0.4) is 0 Å². The minimum absolute atomic E-state index is 0.0267. The summed E-state index contributed by atoms with van der Waals surface area (Å²) in [6.45, 7) is 7.43. The van der Waals surface area contributed by atoms with Crippen molar-refractivity contribution in [3.05, 3.63) is 122 Å². The van der Waals surface area contributed by atoms with Crippen LogP contribution in [0.4, 0.5) is 0 Å². The molecule has 64 heavy (non-hydrogen) atoms. The molecule has 5 heteroatoms. The van der Waals surface area contributed by atoms with Gasteiger partial charge >= 0.3 is 11.9 Å². The molecule has 0 spiro atoms. The summed E-state index contributed by atoms with van der Waals surface area (Å²) in [5.74, 6) is -0.548. The molecule has 362 valence electrons. The SMILES string of the molecule is CC/C=C\C/C=C\C/C=C\C/C=C\CCCCC(=O)OCC(COCCCCCCCCCCCC/C=C\C/C=C\CCCCC)OC(=O)CC/C=C\C/C=C\C/C=C\C/C=C\CC. The van der Waals surface area contributed by atoms with E-state index in [1.54, 1.807) is 0 Å². The number of unbranched alkanes of at least 4 members (excludes halogenated alkanes) is 15. The topological polar surface area (TPSA) is 61.8 Å². The van der Waals surface area contributed by atoms with Gasteiger partial charge in [-0.05, 0) is 116 Å². The molecular weight excluding hydrogens is 789 g/mol. The normalized spacial score (nSPS) is 13.2. The highest BCUT2D eigenvalue weighted by Crippen LogP contribution is 2.13. The Balaban J connectivity index is 4.39. The third kappa shape index (κ3) is 50.9. The van der Waals surface area contributed by atoms with Crippen LogP contribution in [-0.4, -0.2) is 37.9 Å². The van der Waals surface area contributed by atoms with Gasteiger partial charge in [-0.1, -0.05) is 206 Å². The van der Waals surface area contributed by atoms with Crippen LogP contribution in [0.1, 0.15) is 213 Å². The van der Waals surface area contributed by atoms with Crippen molar-refractivity contribution in [3.63, 3.8) is 0 Å². The fraction of sp³-hybridized carbons (Fsp3) is 0.627. The van der Waals surface area contributed by atoms with Crippen LogP contribution >= 0.6 is 0 Å². The molecule has 0 bridgehead atoms. The molecule has 0 aliphatic heterocycles. The maximum Gasteiger partial charge on any atom is 0.306 e. The smallest absolute Gasteiger partial charge is 0.306 e. The monoisotopic (exact) mass is 885 g/mol. The highest BCUT2D eigenvalue weighted by molar-refractivity contribution is 5.70. The summed E-state index contributed by atoms with van der Waals surface area (Å²) in [4.78, 5) is 25.3. The second-order valence-electron chi connectivity index (χ2n) is 16.7. The standard InChI is InChI=1S/C59H96O5/c1-4-7-10-13-16-19-22-25-27-28-29-30-31-33-36-39-42-45-48-51-54-62-55-57(64-59(61)53-50-47-44-41-38-34-24-21-18-15-12-9-6-3)56-63-58(60)52-49-46-43-40-37-35-32-26-23-20-17-14-11-8-5-2/h8-9,11-12,16-21,25-27,32,34,37-38,40,44,47,57H,4-7,10,13-15,22-24,28-31,33,35-36,39,41-43,45-46,48-56H2,1-3H3/b11-8-,12-9-,19-16-,20-17-,21-18-,27-25-,32-26-,38-34-,40-37-,47-44-.